The van der Waals surface area contributed by atoms with Gasteiger partial charge < -0.3 is 9.26 Å². The summed E-state index contributed by atoms with van der Waals surface area (Å²) < 4.78 is 24.4. The van der Waals surface area contributed by atoms with Crippen molar-refractivity contribution in [1.82, 2.24) is 5.09 Å². The van der Waals surface area contributed by atoms with Gasteiger partial charge in [-0.2, -0.15) is 0 Å². The van der Waals surface area contributed by atoms with Gasteiger partial charge in [0.05, 0.1) is 13.3 Å². The van der Waals surface area contributed by atoms with Crippen LogP contribution in [-0.2, 0) is 14.1 Å². The first-order valence-electron chi connectivity index (χ1n) is 7.19. The van der Waals surface area contributed by atoms with Crippen molar-refractivity contribution >= 4 is 29.4 Å². The Bertz CT molecular complexity index is 535. The van der Waals surface area contributed by atoms with Gasteiger partial charge in [-0.3, -0.25) is 9.36 Å². The Morgan fingerprint density at radius 2 is 1.91 bits per heavy atom. The van der Waals surface area contributed by atoms with Crippen LogP contribution in [0.4, 0.5) is 0 Å². The van der Waals surface area contributed by atoms with Crippen LogP contribution < -0.4 is 9.61 Å². The van der Waals surface area contributed by atoms with Gasteiger partial charge in [0, 0.05) is 4.47 Å². The molecule has 0 radical (unpaired) electrons. The highest BCUT2D eigenvalue weighted by molar-refractivity contribution is 9.10. The second-order valence-corrected chi connectivity index (χ2v) is 8.36. The van der Waals surface area contributed by atoms with Gasteiger partial charge in [-0.1, -0.05) is 36.2 Å². The molecule has 3 atom stereocenters. The highest BCUT2D eigenvalue weighted by Gasteiger charge is 2.31. The molecule has 7 heteroatoms. The van der Waals surface area contributed by atoms with Gasteiger partial charge in [-0.05, 0) is 37.1 Å². The number of hydrogen-bond acceptors (Lipinski definition) is 4. The lowest BCUT2D eigenvalue weighted by Crippen LogP contribution is -2.35. The molecule has 0 spiro atoms. The maximum absolute atomic E-state index is 13.1. The van der Waals surface area contributed by atoms with E-state index in [0.29, 0.717) is 11.9 Å². The number of hydrogen-bond donors (Lipinski definition) is 1. The van der Waals surface area contributed by atoms with E-state index in [4.69, 9.17) is 4.52 Å². The zero-order chi connectivity index (χ0) is 16.8. The monoisotopic (exact) mass is 391 g/mol. The summed E-state index contributed by atoms with van der Waals surface area (Å²) >= 11 is 3.34. The van der Waals surface area contributed by atoms with Crippen molar-refractivity contribution in [3.05, 3.63) is 28.7 Å². The fourth-order valence-electron chi connectivity index (χ4n) is 1.85. The van der Waals surface area contributed by atoms with Gasteiger partial charge in [-0.25, -0.2) is 5.09 Å². The first-order chi connectivity index (χ1) is 10.3. The molecule has 0 heterocycles. The number of carbonyl (C=O) groups is 1. The van der Waals surface area contributed by atoms with Crippen LogP contribution in [0.25, 0.3) is 0 Å². The third kappa shape index (κ3) is 6.11. The Labute approximate surface area is 140 Å². The fraction of sp³-hybridized carbons (Fsp3) is 0.533. The topological polar surface area (TPSA) is 64.6 Å². The van der Waals surface area contributed by atoms with E-state index in [9.17, 15) is 9.36 Å². The summed E-state index contributed by atoms with van der Waals surface area (Å²) in [6.07, 6.45) is 1.23. The van der Waals surface area contributed by atoms with E-state index < -0.39 is 19.5 Å². The Balaban J connectivity index is 2.92. The molecular formula is C15H23BrNO4P. The van der Waals surface area contributed by atoms with Gasteiger partial charge >= 0.3 is 13.5 Å². The first-order valence-corrected chi connectivity index (χ1v) is 9.79. The maximum Gasteiger partial charge on any atom is 0.323 e. The van der Waals surface area contributed by atoms with Crippen LogP contribution >= 0.6 is 23.4 Å². The number of esters is 1. The minimum atomic E-state index is -3.22. The molecule has 0 saturated heterocycles. The van der Waals surface area contributed by atoms with Crippen molar-refractivity contribution in [2.45, 2.75) is 33.2 Å². The highest BCUT2D eigenvalue weighted by Crippen LogP contribution is 2.46. The van der Waals surface area contributed by atoms with Crippen LogP contribution in [0.3, 0.4) is 0 Å². The summed E-state index contributed by atoms with van der Waals surface area (Å²) in [5, 5.41) is 2.82. The highest BCUT2D eigenvalue weighted by atomic mass is 79.9. The van der Waals surface area contributed by atoms with E-state index in [2.05, 4.69) is 25.8 Å². The van der Waals surface area contributed by atoms with Crippen LogP contribution in [0.15, 0.2) is 28.7 Å². The van der Waals surface area contributed by atoms with E-state index in [-0.39, 0.29) is 5.92 Å². The molecule has 0 aliphatic rings. The molecule has 1 aromatic rings. The van der Waals surface area contributed by atoms with Crippen LogP contribution in [-0.4, -0.2) is 25.3 Å². The molecule has 0 aromatic heterocycles. The molecule has 0 aliphatic heterocycles. The molecule has 0 amide bonds. The SMILES string of the molecule is CCC(C)CP(=O)(NC(C)C(=O)OC)Oc1ccc(Br)cc1. The lowest BCUT2D eigenvalue weighted by atomic mass is 10.2. The van der Waals surface area contributed by atoms with Crippen molar-refractivity contribution in [3.63, 3.8) is 0 Å². The molecule has 0 fully saturated rings. The molecule has 22 heavy (non-hydrogen) atoms. The summed E-state index contributed by atoms with van der Waals surface area (Å²) in [6.45, 7) is 5.64. The maximum atomic E-state index is 13.1. The quantitative estimate of drug-likeness (QED) is 0.530. The minimum absolute atomic E-state index is 0.207. The summed E-state index contributed by atoms with van der Waals surface area (Å²) in [6, 6.07) is 6.39. The number of benzene rings is 1. The Hall–Kier alpha value is -0.840. The van der Waals surface area contributed by atoms with Gasteiger partial charge in [0.15, 0.2) is 0 Å². The summed E-state index contributed by atoms with van der Waals surface area (Å²) in [7, 11) is -1.92. The number of rotatable bonds is 8. The molecule has 1 rings (SSSR count). The fourth-order valence-corrected chi connectivity index (χ4v) is 4.58. The molecule has 0 bridgehead atoms. The van der Waals surface area contributed by atoms with Crippen LogP contribution in [0.1, 0.15) is 27.2 Å². The largest absolute Gasteiger partial charge is 0.468 e. The van der Waals surface area contributed by atoms with Crippen molar-refractivity contribution in [2.24, 2.45) is 5.92 Å². The summed E-state index contributed by atoms with van der Waals surface area (Å²) in [4.78, 5) is 11.6. The van der Waals surface area contributed by atoms with Crippen molar-refractivity contribution in [3.8, 4) is 5.75 Å². The minimum Gasteiger partial charge on any atom is -0.468 e. The smallest absolute Gasteiger partial charge is 0.323 e. The van der Waals surface area contributed by atoms with Crippen LogP contribution in [0, 0.1) is 5.92 Å². The third-order valence-corrected chi connectivity index (χ3v) is 6.18. The number of halogens is 1. The standard InChI is InChI=1S/C15H23BrNO4P/c1-5-11(2)10-22(19,17-12(3)15(18)20-4)21-14-8-6-13(16)7-9-14/h6-9,11-12H,5,10H2,1-4H3,(H,17,19). The van der Waals surface area contributed by atoms with Crippen LogP contribution in [0.5, 0.6) is 5.75 Å². The molecule has 0 saturated carbocycles. The molecule has 1 N–H and O–H groups in total. The van der Waals surface area contributed by atoms with Gasteiger partial charge in [0.2, 0.25) is 0 Å². The van der Waals surface area contributed by atoms with Gasteiger partial charge in [0.1, 0.15) is 11.8 Å². The third-order valence-electron chi connectivity index (χ3n) is 3.26. The molecule has 5 nitrogen and oxygen atoms in total. The van der Waals surface area contributed by atoms with E-state index in [1.807, 2.05) is 26.0 Å². The van der Waals surface area contributed by atoms with Crippen molar-refractivity contribution in [1.29, 1.82) is 0 Å². The first kappa shape index (κ1) is 19.2. The number of nitrogens with one attached hydrogen (secondary N) is 1. The van der Waals surface area contributed by atoms with E-state index in [0.717, 1.165) is 10.9 Å². The van der Waals surface area contributed by atoms with Gasteiger partial charge in [0.25, 0.3) is 0 Å². The lowest BCUT2D eigenvalue weighted by molar-refractivity contribution is -0.142. The molecule has 124 valence electrons. The predicted molar refractivity (Wildman–Crippen MR) is 91.3 cm³/mol. The van der Waals surface area contributed by atoms with Gasteiger partial charge in [-0.15, -0.1) is 0 Å². The van der Waals surface area contributed by atoms with E-state index >= 15 is 0 Å². The Kier molecular flexibility index (Phi) is 7.60. The van der Waals surface area contributed by atoms with Crippen LogP contribution in [0.2, 0.25) is 0 Å². The normalized spacial score (nSPS) is 16.4. The molecular weight excluding hydrogens is 369 g/mol. The molecule has 1 aromatic carbocycles. The van der Waals surface area contributed by atoms with E-state index in [1.54, 1.807) is 19.1 Å². The summed E-state index contributed by atoms with van der Waals surface area (Å²) in [5.41, 5.74) is 0. The summed E-state index contributed by atoms with van der Waals surface area (Å²) in [5.74, 6) is 0.238. The number of carbonyl (C=O) groups excluding carboxylic acids is 1. The van der Waals surface area contributed by atoms with Crippen molar-refractivity contribution in [2.75, 3.05) is 13.3 Å². The second kappa shape index (κ2) is 8.70. The average molecular weight is 392 g/mol. The zero-order valence-corrected chi connectivity index (χ0v) is 15.8. The number of ether oxygens (including phenoxy) is 1. The van der Waals surface area contributed by atoms with E-state index in [1.165, 1.54) is 7.11 Å². The Morgan fingerprint density at radius 1 is 1.32 bits per heavy atom. The molecule has 0 aliphatic carbocycles. The van der Waals surface area contributed by atoms with Crippen molar-refractivity contribution < 1.29 is 18.6 Å². The predicted octanol–water partition coefficient (Wildman–Crippen LogP) is 4.22. The second-order valence-electron chi connectivity index (χ2n) is 5.29. The Morgan fingerprint density at radius 3 is 2.41 bits per heavy atom. The molecule has 3 unspecified atom stereocenters. The average Bonchev–Trinajstić information content (AvgIpc) is 2.48. The zero-order valence-electron chi connectivity index (χ0n) is 13.3. The lowest BCUT2D eigenvalue weighted by Gasteiger charge is -2.25. The number of methoxy groups -OCH3 is 1.